The zero-order chi connectivity index (χ0) is 17.5. The minimum Gasteiger partial charge on any atom is -0.369 e. The van der Waals surface area contributed by atoms with Crippen molar-refractivity contribution in [2.75, 3.05) is 0 Å². The van der Waals surface area contributed by atoms with Gasteiger partial charge in [-0.1, -0.05) is 62.6 Å². The lowest BCUT2D eigenvalue weighted by molar-refractivity contribution is -0.131. The van der Waals surface area contributed by atoms with Gasteiger partial charge in [0, 0.05) is 11.8 Å². The van der Waals surface area contributed by atoms with Crippen molar-refractivity contribution in [1.29, 1.82) is 0 Å². The normalized spacial score (nSPS) is 16.6. The summed E-state index contributed by atoms with van der Waals surface area (Å²) in [5.41, 5.74) is 7.28. The average Bonchev–Trinajstić information content (AvgIpc) is 2.58. The van der Waals surface area contributed by atoms with E-state index in [-0.39, 0.29) is 11.8 Å². The first-order valence-electron chi connectivity index (χ1n) is 8.36. The predicted octanol–water partition coefficient (Wildman–Crippen LogP) is 3.09. The maximum atomic E-state index is 12.1. The smallest absolute Gasteiger partial charge is 0.225 e. The van der Waals surface area contributed by atoms with Crippen molar-refractivity contribution in [1.82, 2.24) is 0 Å². The van der Waals surface area contributed by atoms with Gasteiger partial charge in [-0.15, -0.1) is 0 Å². The number of ketones is 2. The molecular weight excluding hydrogens is 302 g/mol. The van der Waals surface area contributed by atoms with E-state index in [4.69, 9.17) is 5.73 Å². The number of nitrogens with two attached hydrogens (primary N) is 1. The number of primary amides is 1. The summed E-state index contributed by atoms with van der Waals surface area (Å²) in [6.45, 7) is 2.10. The highest BCUT2D eigenvalue weighted by atomic mass is 16.2. The number of rotatable bonds is 8. The molecule has 0 spiro atoms. The van der Waals surface area contributed by atoms with Gasteiger partial charge in [-0.3, -0.25) is 14.4 Å². The van der Waals surface area contributed by atoms with Gasteiger partial charge in [-0.05, 0) is 29.7 Å². The lowest BCUT2D eigenvalue weighted by Crippen LogP contribution is -2.30. The molecule has 0 bridgehead atoms. The monoisotopic (exact) mass is 325 g/mol. The zero-order valence-corrected chi connectivity index (χ0v) is 13.9. The van der Waals surface area contributed by atoms with Gasteiger partial charge in [0.25, 0.3) is 0 Å². The predicted molar refractivity (Wildman–Crippen MR) is 93.2 cm³/mol. The van der Waals surface area contributed by atoms with Crippen LogP contribution in [0.15, 0.2) is 54.1 Å². The number of allylic oxidation sites excluding steroid dienone is 4. The molecule has 1 aromatic rings. The van der Waals surface area contributed by atoms with Crippen molar-refractivity contribution in [3.63, 3.8) is 0 Å². The summed E-state index contributed by atoms with van der Waals surface area (Å²) in [6.07, 6.45) is 7.90. The molecule has 0 saturated heterocycles. The fraction of sp³-hybridized carbons (Fsp3) is 0.350. The molecule has 1 aliphatic rings. The Bertz CT molecular complexity index is 673. The Morgan fingerprint density at radius 3 is 2.33 bits per heavy atom. The highest BCUT2D eigenvalue weighted by molar-refractivity contribution is 6.46. The molecule has 1 aromatic carbocycles. The van der Waals surface area contributed by atoms with Crippen molar-refractivity contribution in [2.24, 2.45) is 11.7 Å². The molecule has 4 nitrogen and oxygen atoms in total. The molecule has 4 heteroatoms. The van der Waals surface area contributed by atoms with Crippen molar-refractivity contribution < 1.29 is 14.4 Å². The van der Waals surface area contributed by atoms with Crippen LogP contribution in [0.3, 0.4) is 0 Å². The van der Waals surface area contributed by atoms with Crippen molar-refractivity contribution >= 4 is 17.5 Å². The van der Waals surface area contributed by atoms with Gasteiger partial charge in [0.05, 0.1) is 0 Å². The van der Waals surface area contributed by atoms with Gasteiger partial charge in [0.1, 0.15) is 0 Å². The van der Waals surface area contributed by atoms with Crippen molar-refractivity contribution in [2.45, 2.75) is 38.5 Å². The van der Waals surface area contributed by atoms with E-state index in [0.29, 0.717) is 12.0 Å². The number of carbonyl (C=O) groups excluding carboxylic acids is 3. The van der Waals surface area contributed by atoms with Crippen LogP contribution in [0.2, 0.25) is 0 Å². The van der Waals surface area contributed by atoms with Crippen LogP contribution in [0.4, 0.5) is 0 Å². The van der Waals surface area contributed by atoms with E-state index in [0.717, 1.165) is 24.8 Å². The zero-order valence-electron chi connectivity index (χ0n) is 13.9. The summed E-state index contributed by atoms with van der Waals surface area (Å²) in [5.74, 6) is -2.18. The molecular formula is C20H23NO3. The first kappa shape index (κ1) is 17.9. The third-order valence-corrected chi connectivity index (χ3v) is 4.37. The van der Waals surface area contributed by atoms with Crippen LogP contribution >= 0.6 is 0 Å². The van der Waals surface area contributed by atoms with Crippen molar-refractivity contribution in [3.8, 4) is 0 Å². The van der Waals surface area contributed by atoms with Gasteiger partial charge >= 0.3 is 0 Å². The Hall–Kier alpha value is -2.49. The highest BCUT2D eigenvalue weighted by Crippen LogP contribution is 2.36. The van der Waals surface area contributed by atoms with E-state index in [1.54, 1.807) is 6.08 Å². The number of benzene rings is 1. The Morgan fingerprint density at radius 2 is 1.75 bits per heavy atom. The first-order valence-corrected chi connectivity index (χ1v) is 8.36. The van der Waals surface area contributed by atoms with Crippen LogP contribution < -0.4 is 5.73 Å². The molecule has 24 heavy (non-hydrogen) atoms. The van der Waals surface area contributed by atoms with Crippen LogP contribution in [0.25, 0.3) is 0 Å². The van der Waals surface area contributed by atoms with Crippen LogP contribution in [-0.4, -0.2) is 17.5 Å². The average molecular weight is 325 g/mol. The van der Waals surface area contributed by atoms with Crippen LogP contribution in [0.1, 0.15) is 44.1 Å². The second-order valence-corrected chi connectivity index (χ2v) is 6.10. The van der Waals surface area contributed by atoms with Gasteiger partial charge in [-0.2, -0.15) is 0 Å². The van der Waals surface area contributed by atoms with Gasteiger partial charge in [0.15, 0.2) is 0 Å². The van der Waals surface area contributed by atoms with Gasteiger partial charge in [-0.25, -0.2) is 0 Å². The standard InChI is InChI=1S/C20H23NO3/c1-2-3-5-10-16(20(21)24)19(14-8-6-4-7-9-14)15-11-12-17(22)18(23)13-15/h4,6-9,11-13,16,19H,2-3,5,10H2,1H3,(H2,21,24). The summed E-state index contributed by atoms with van der Waals surface area (Å²) < 4.78 is 0. The second-order valence-electron chi connectivity index (χ2n) is 6.10. The molecule has 1 aliphatic carbocycles. The van der Waals surface area contributed by atoms with E-state index in [2.05, 4.69) is 6.92 Å². The SMILES string of the molecule is CCCCCC(C(N)=O)C(C1=CC(=O)C(=O)C=C1)c1ccccc1. The van der Waals surface area contributed by atoms with E-state index in [9.17, 15) is 14.4 Å². The summed E-state index contributed by atoms with van der Waals surface area (Å²) in [6, 6.07) is 9.54. The first-order chi connectivity index (χ1) is 11.5. The van der Waals surface area contributed by atoms with E-state index in [1.807, 2.05) is 30.3 Å². The molecule has 0 aliphatic heterocycles. The third-order valence-electron chi connectivity index (χ3n) is 4.37. The molecule has 0 saturated carbocycles. The summed E-state index contributed by atoms with van der Waals surface area (Å²) >= 11 is 0. The Morgan fingerprint density at radius 1 is 1.04 bits per heavy atom. The number of unbranched alkanes of at least 4 members (excludes halogenated alkanes) is 2. The largest absolute Gasteiger partial charge is 0.369 e. The topological polar surface area (TPSA) is 77.2 Å². The molecule has 2 atom stereocenters. The second kappa shape index (κ2) is 8.39. The number of carbonyl (C=O) groups is 3. The van der Waals surface area contributed by atoms with Gasteiger partial charge in [0.2, 0.25) is 17.5 Å². The number of amides is 1. The summed E-state index contributed by atoms with van der Waals surface area (Å²) in [5, 5.41) is 0. The fourth-order valence-corrected chi connectivity index (χ4v) is 3.12. The van der Waals surface area contributed by atoms with Crippen LogP contribution in [-0.2, 0) is 14.4 Å². The van der Waals surface area contributed by atoms with Gasteiger partial charge < -0.3 is 5.73 Å². The Balaban J connectivity index is 2.40. The van der Waals surface area contributed by atoms with E-state index >= 15 is 0 Å². The molecule has 0 aromatic heterocycles. The summed E-state index contributed by atoms with van der Waals surface area (Å²) in [4.78, 5) is 35.4. The minimum absolute atomic E-state index is 0.311. The Kier molecular flexibility index (Phi) is 6.24. The lowest BCUT2D eigenvalue weighted by Gasteiger charge is -2.27. The molecule has 2 unspecified atom stereocenters. The molecule has 126 valence electrons. The van der Waals surface area contributed by atoms with Crippen molar-refractivity contribution in [3.05, 3.63) is 59.7 Å². The molecule has 1 amide bonds. The summed E-state index contributed by atoms with van der Waals surface area (Å²) in [7, 11) is 0. The quantitative estimate of drug-likeness (QED) is 0.453. The van der Waals surface area contributed by atoms with E-state index in [1.165, 1.54) is 12.2 Å². The highest BCUT2D eigenvalue weighted by Gasteiger charge is 2.31. The number of hydrogen-bond donors (Lipinski definition) is 1. The van der Waals surface area contributed by atoms with Crippen LogP contribution in [0.5, 0.6) is 0 Å². The fourth-order valence-electron chi connectivity index (χ4n) is 3.12. The van der Waals surface area contributed by atoms with Crippen LogP contribution in [0, 0.1) is 5.92 Å². The minimum atomic E-state index is -0.551. The molecule has 2 rings (SSSR count). The molecule has 0 fully saturated rings. The van der Waals surface area contributed by atoms with E-state index < -0.39 is 17.5 Å². The third kappa shape index (κ3) is 4.28. The molecule has 0 heterocycles. The maximum absolute atomic E-state index is 12.1. The lowest BCUT2D eigenvalue weighted by atomic mass is 9.76. The maximum Gasteiger partial charge on any atom is 0.225 e. The molecule has 2 N–H and O–H groups in total. The Labute approximate surface area is 142 Å². The molecule has 0 radical (unpaired) electrons. The number of hydrogen-bond acceptors (Lipinski definition) is 3.